The van der Waals surface area contributed by atoms with Gasteiger partial charge in [-0.3, -0.25) is 4.79 Å². The smallest absolute Gasteiger partial charge is 0.242 e. The first-order valence-corrected chi connectivity index (χ1v) is 9.12. The van der Waals surface area contributed by atoms with E-state index in [2.05, 4.69) is 26.0 Å². The van der Waals surface area contributed by atoms with Crippen molar-refractivity contribution >= 4 is 43.2 Å². The average Bonchev–Trinajstić information content (AvgIpc) is 2.55. The standard InChI is InChI=1S/C12H19BrN2O3S2/c1-7(11(16)14-12(3,4)5)15-20(17,18)9-6-10(13)19-8(9)2/h6-7,15H,1-5H3,(H,14,16). The summed E-state index contributed by atoms with van der Waals surface area (Å²) < 4.78 is 27.6. The molecule has 1 aromatic heterocycles. The number of halogens is 1. The van der Waals surface area contributed by atoms with Crippen LogP contribution < -0.4 is 10.0 Å². The van der Waals surface area contributed by atoms with E-state index in [1.807, 2.05) is 20.8 Å². The van der Waals surface area contributed by atoms with Crippen molar-refractivity contribution in [3.63, 3.8) is 0 Å². The van der Waals surface area contributed by atoms with Crippen LogP contribution in [0.4, 0.5) is 0 Å². The van der Waals surface area contributed by atoms with Crippen LogP contribution in [0.25, 0.3) is 0 Å². The second-order valence-corrected chi connectivity index (χ2v) is 9.87. The minimum atomic E-state index is -3.70. The third-order valence-corrected chi connectivity index (χ3v) is 5.70. The van der Waals surface area contributed by atoms with Crippen LogP contribution in [0.2, 0.25) is 0 Å². The van der Waals surface area contributed by atoms with Gasteiger partial charge >= 0.3 is 0 Å². The molecule has 0 saturated carbocycles. The molecule has 0 aliphatic carbocycles. The molecule has 0 aliphatic heterocycles. The summed E-state index contributed by atoms with van der Waals surface area (Å²) in [6.45, 7) is 8.77. The van der Waals surface area contributed by atoms with Gasteiger partial charge in [-0.2, -0.15) is 4.72 Å². The number of carbonyl (C=O) groups is 1. The maximum Gasteiger partial charge on any atom is 0.242 e. The van der Waals surface area contributed by atoms with Crippen molar-refractivity contribution in [2.24, 2.45) is 0 Å². The van der Waals surface area contributed by atoms with Crippen LogP contribution in [0.15, 0.2) is 14.7 Å². The zero-order chi connectivity index (χ0) is 15.7. The van der Waals surface area contributed by atoms with Gasteiger partial charge in [0, 0.05) is 10.4 Å². The van der Waals surface area contributed by atoms with E-state index < -0.39 is 21.6 Å². The van der Waals surface area contributed by atoms with E-state index in [-0.39, 0.29) is 10.8 Å². The third-order valence-electron chi connectivity index (χ3n) is 2.36. The molecule has 8 heteroatoms. The summed E-state index contributed by atoms with van der Waals surface area (Å²) in [5.41, 5.74) is -0.405. The summed E-state index contributed by atoms with van der Waals surface area (Å²) in [5, 5.41) is 2.74. The van der Waals surface area contributed by atoms with Gasteiger partial charge in [0.1, 0.15) is 0 Å². The first-order chi connectivity index (χ1) is 8.92. The number of rotatable bonds is 4. The zero-order valence-corrected chi connectivity index (χ0v) is 15.3. The molecule has 1 aromatic rings. The zero-order valence-electron chi connectivity index (χ0n) is 12.1. The highest BCUT2D eigenvalue weighted by Gasteiger charge is 2.26. The van der Waals surface area contributed by atoms with Gasteiger partial charge in [-0.15, -0.1) is 11.3 Å². The van der Waals surface area contributed by atoms with E-state index >= 15 is 0 Å². The van der Waals surface area contributed by atoms with Crippen molar-refractivity contribution in [2.75, 3.05) is 0 Å². The molecule has 1 amide bonds. The van der Waals surface area contributed by atoms with Crippen LogP contribution in [-0.4, -0.2) is 25.9 Å². The molecule has 0 fully saturated rings. The van der Waals surface area contributed by atoms with E-state index in [1.54, 1.807) is 6.92 Å². The van der Waals surface area contributed by atoms with E-state index in [4.69, 9.17) is 0 Å². The number of aryl methyl sites for hydroxylation is 1. The van der Waals surface area contributed by atoms with Crippen LogP contribution >= 0.6 is 27.3 Å². The van der Waals surface area contributed by atoms with Gasteiger partial charge in [-0.05, 0) is 56.6 Å². The average molecular weight is 383 g/mol. The van der Waals surface area contributed by atoms with E-state index in [9.17, 15) is 13.2 Å². The Balaban J connectivity index is 2.87. The van der Waals surface area contributed by atoms with Gasteiger partial charge in [0.15, 0.2) is 0 Å². The van der Waals surface area contributed by atoms with Crippen molar-refractivity contribution < 1.29 is 13.2 Å². The molecular weight excluding hydrogens is 364 g/mol. The number of thiophene rings is 1. The summed E-state index contributed by atoms with van der Waals surface area (Å²) in [6, 6.07) is 0.703. The fourth-order valence-electron chi connectivity index (χ4n) is 1.53. The molecule has 0 aromatic carbocycles. The number of amides is 1. The molecule has 1 rings (SSSR count). The highest BCUT2D eigenvalue weighted by Crippen LogP contribution is 2.29. The van der Waals surface area contributed by atoms with Crippen molar-refractivity contribution in [1.82, 2.24) is 10.0 Å². The maximum absolute atomic E-state index is 12.2. The Bertz CT molecular complexity index is 603. The lowest BCUT2D eigenvalue weighted by molar-refractivity contribution is -0.123. The number of carbonyl (C=O) groups excluding carboxylic acids is 1. The van der Waals surface area contributed by atoms with E-state index in [1.165, 1.54) is 24.3 Å². The lowest BCUT2D eigenvalue weighted by Gasteiger charge is -2.23. The highest BCUT2D eigenvalue weighted by atomic mass is 79.9. The third kappa shape index (κ3) is 4.83. The van der Waals surface area contributed by atoms with Crippen molar-refractivity contribution in [3.05, 3.63) is 14.7 Å². The maximum atomic E-state index is 12.2. The van der Waals surface area contributed by atoms with Crippen molar-refractivity contribution in [2.45, 2.75) is 51.1 Å². The normalized spacial score (nSPS) is 14.1. The predicted molar refractivity (Wildman–Crippen MR) is 84.4 cm³/mol. The molecule has 0 radical (unpaired) electrons. The number of nitrogens with one attached hydrogen (secondary N) is 2. The first kappa shape index (κ1) is 17.6. The minimum absolute atomic E-state index is 0.199. The first-order valence-electron chi connectivity index (χ1n) is 6.02. The van der Waals surface area contributed by atoms with Crippen molar-refractivity contribution in [3.8, 4) is 0 Å². The van der Waals surface area contributed by atoms with Crippen LogP contribution in [0.5, 0.6) is 0 Å². The Morgan fingerprint density at radius 2 is 1.95 bits per heavy atom. The lowest BCUT2D eigenvalue weighted by Crippen LogP contribution is -2.50. The largest absolute Gasteiger partial charge is 0.350 e. The Hall–Kier alpha value is -0.440. The quantitative estimate of drug-likeness (QED) is 0.839. The molecule has 2 N–H and O–H groups in total. The van der Waals surface area contributed by atoms with Gasteiger partial charge in [0.05, 0.1) is 14.7 Å². The molecular formula is C12H19BrN2O3S2. The van der Waals surface area contributed by atoms with Crippen LogP contribution in [0.1, 0.15) is 32.6 Å². The minimum Gasteiger partial charge on any atom is -0.350 e. The second-order valence-electron chi connectivity index (χ2n) is 5.55. The van der Waals surface area contributed by atoms with E-state index in [0.29, 0.717) is 4.88 Å². The molecule has 20 heavy (non-hydrogen) atoms. The second kappa shape index (κ2) is 6.13. The summed E-state index contributed by atoms with van der Waals surface area (Å²) in [5.74, 6) is -0.354. The molecule has 5 nitrogen and oxygen atoms in total. The molecule has 1 atom stereocenters. The SMILES string of the molecule is Cc1sc(Br)cc1S(=O)(=O)NC(C)C(=O)NC(C)(C)C. The predicted octanol–water partition coefficient (Wildman–Crippen LogP) is 2.40. The van der Waals surface area contributed by atoms with Gasteiger partial charge in [0.2, 0.25) is 15.9 Å². The van der Waals surface area contributed by atoms with Crippen molar-refractivity contribution in [1.29, 1.82) is 0 Å². The molecule has 1 unspecified atom stereocenters. The molecule has 1 heterocycles. The van der Waals surface area contributed by atoms with Crippen LogP contribution in [0.3, 0.4) is 0 Å². The molecule has 0 spiro atoms. The number of sulfonamides is 1. The Morgan fingerprint density at radius 3 is 2.35 bits per heavy atom. The molecule has 0 aliphatic rings. The highest BCUT2D eigenvalue weighted by molar-refractivity contribution is 9.11. The van der Waals surface area contributed by atoms with Gasteiger partial charge < -0.3 is 5.32 Å². The number of hydrogen-bond acceptors (Lipinski definition) is 4. The van der Waals surface area contributed by atoms with Gasteiger partial charge in [-0.25, -0.2) is 8.42 Å². The lowest BCUT2D eigenvalue weighted by atomic mass is 10.1. The fraction of sp³-hybridized carbons (Fsp3) is 0.583. The molecule has 0 bridgehead atoms. The monoisotopic (exact) mass is 382 g/mol. The Morgan fingerprint density at radius 1 is 1.40 bits per heavy atom. The van der Waals surface area contributed by atoms with Gasteiger partial charge in [0.25, 0.3) is 0 Å². The summed E-state index contributed by atoms with van der Waals surface area (Å²) in [6.07, 6.45) is 0. The Kier molecular flexibility index (Phi) is 5.40. The topological polar surface area (TPSA) is 75.3 Å². The molecule has 114 valence electrons. The van der Waals surface area contributed by atoms with E-state index in [0.717, 1.165) is 3.79 Å². The van der Waals surface area contributed by atoms with Crippen LogP contribution in [0, 0.1) is 6.92 Å². The summed E-state index contributed by atoms with van der Waals surface area (Å²) in [4.78, 5) is 12.8. The summed E-state index contributed by atoms with van der Waals surface area (Å²) >= 11 is 4.60. The fourth-order valence-corrected chi connectivity index (χ4v) is 5.14. The molecule has 0 saturated heterocycles. The summed E-state index contributed by atoms with van der Waals surface area (Å²) in [7, 11) is -3.70. The Labute approximate surface area is 132 Å². The van der Waals surface area contributed by atoms with Crippen LogP contribution in [-0.2, 0) is 14.8 Å². The van der Waals surface area contributed by atoms with Gasteiger partial charge in [-0.1, -0.05) is 0 Å². The number of hydrogen-bond donors (Lipinski definition) is 2.